The van der Waals surface area contributed by atoms with Gasteiger partial charge in [-0.1, -0.05) is 0 Å². The second-order valence-electron chi connectivity index (χ2n) is 3.48. The fourth-order valence-electron chi connectivity index (χ4n) is 1.37. The Morgan fingerprint density at radius 3 is 2.72 bits per heavy atom. The highest BCUT2D eigenvalue weighted by atomic mass is 35.5. The maximum absolute atomic E-state index is 11.3. The Morgan fingerprint density at radius 2 is 2.17 bits per heavy atom. The molecule has 0 radical (unpaired) electrons. The fourth-order valence-corrected chi connectivity index (χ4v) is 1.91. The minimum Gasteiger partial charge on any atom is -0.358 e. The number of hydrogen-bond donors (Lipinski definition) is 0. The second kappa shape index (κ2) is 4.58. The van der Waals surface area contributed by atoms with E-state index in [-0.39, 0.29) is 5.88 Å². The van der Waals surface area contributed by atoms with Crippen LogP contribution >= 0.6 is 11.6 Å². The van der Waals surface area contributed by atoms with Gasteiger partial charge in [-0.2, -0.15) is 13.5 Å². The van der Waals surface area contributed by atoms with Gasteiger partial charge in [0, 0.05) is 20.3 Å². The van der Waals surface area contributed by atoms with Gasteiger partial charge in [-0.05, 0) is 0 Å². The average Bonchev–Trinajstić information content (AvgIpc) is 2.84. The molecule has 0 aromatic carbocycles. The smallest absolute Gasteiger partial charge is 0.324 e. The quantitative estimate of drug-likeness (QED) is 0.587. The predicted octanol–water partition coefficient (Wildman–Crippen LogP) is 0.120. The Labute approximate surface area is 108 Å². The number of rotatable bonds is 4. The van der Waals surface area contributed by atoms with Gasteiger partial charge in [-0.15, -0.1) is 16.7 Å². The maximum Gasteiger partial charge on any atom is 0.324 e. The van der Waals surface area contributed by atoms with Crippen LogP contribution in [0.1, 0.15) is 0 Å². The summed E-state index contributed by atoms with van der Waals surface area (Å²) in [6.07, 6.45) is 2.94. The molecule has 0 unspecified atom stereocenters. The van der Waals surface area contributed by atoms with E-state index in [1.165, 1.54) is 15.7 Å². The van der Waals surface area contributed by atoms with Crippen LogP contribution in [0.2, 0.25) is 0 Å². The first-order valence-corrected chi connectivity index (χ1v) is 6.90. The van der Waals surface area contributed by atoms with Crippen LogP contribution in [-0.4, -0.2) is 38.2 Å². The summed E-state index contributed by atoms with van der Waals surface area (Å²) in [5.74, 6) is 0.372. The van der Waals surface area contributed by atoms with Gasteiger partial charge in [0.25, 0.3) is 5.88 Å². The summed E-state index contributed by atoms with van der Waals surface area (Å²) in [6.45, 7) is 0. The van der Waals surface area contributed by atoms with Crippen molar-refractivity contribution in [3.8, 4) is 17.3 Å². The van der Waals surface area contributed by atoms with Crippen LogP contribution in [0.5, 0.6) is 5.88 Å². The van der Waals surface area contributed by atoms with Crippen LogP contribution in [0.3, 0.4) is 0 Å². The molecule has 0 aliphatic carbocycles. The molecular weight excluding hydrogens is 282 g/mol. The second-order valence-corrected chi connectivity index (χ2v) is 5.63. The molecule has 0 aliphatic rings. The van der Waals surface area contributed by atoms with E-state index in [1.807, 2.05) is 0 Å². The molecule has 0 spiro atoms. The Morgan fingerprint density at radius 1 is 1.44 bits per heavy atom. The third-order valence-corrected chi connectivity index (χ3v) is 3.57. The molecular formula is C8H10ClN5O3S. The monoisotopic (exact) mass is 291 g/mol. The van der Waals surface area contributed by atoms with Gasteiger partial charge >= 0.3 is 10.1 Å². The average molecular weight is 292 g/mol. The molecule has 8 nitrogen and oxygen atoms in total. The van der Waals surface area contributed by atoms with Crippen molar-refractivity contribution >= 4 is 21.7 Å². The van der Waals surface area contributed by atoms with Gasteiger partial charge in [0.15, 0.2) is 11.0 Å². The first kappa shape index (κ1) is 12.8. The molecule has 0 N–H and O–H groups in total. The van der Waals surface area contributed by atoms with Crippen LogP contribution in [0, 0.1) is 0 Å². The van der Waals surface area contributed by atoms with Crippen LogP contribution in [-0.2, 0) is 24.2 Å². The summed E-state index contributed by atoms with van der Waals surface area (Å²) in [6, 6.07) is 0. The number of alkyl halides is 1. The predicted molar refractivity (Wildman–Crippen MR) is 63.5 cm³/mol. The molecule has 18 heavy (non-hydrogen) atoms. The van der Waals surface area contributed by atoms with Crippen molar-refractivity contribution < 1.29 is 12.6 Å². The van der Waals surface area contributed by atoms with Crippen molar-refractivity contribution in [3.05, 3.63) is 12.5 Å². The molecule has 0 saturated carbocycles. The molecule has 0 aliphatic heterocycles. The van der Waals surface area contributed by atoms with Gasteiger partial charge in [0.05, 0.1) is 0 Å². The van der Waals surface area contributed by atoms with Gasteiger partial charge in [0.2, 0.25) is 0 Å². The van der Waals surface area contributed by atoms with E-state index in [0.717, 1.165) is 0 Å². The van der Waals surface area contributed by atoms with Crippen molar-refractivity contribution in [3.63, 3.8) is 0 Å². The van der Waals surface area contributed by atoms with E-state index in [9.17, 15) is 8.42 Å². The molecule has 0 amide bonds. The van der Waals surface area contributed by atoms with Gasteiger partial charge < -0.3 is 4.18 Å². The highest BCUT2D eigenvalue weighted by Gasteiger charge is 2.21. The minimum absolute atomic E-state index is 0.0748. The standard InChI is InChI=1S/C8H10ClN5O3S/c1-13-3-6(7-10-5-11-14(7)2)8(12-13)17-18(15,16)4-9/h3,5H,4H2,1-2H3. The number of aryl methyl sites for hydroxylation is 2. The summed E-state index contributed by atoms with van der Waals surface area (Å²) in [5, 5.41) is 7.16. The molecule has 0 bridgehead atoms. The Kier molecular flexibility index (Phi) is 3.26. The number of nitrogens with zero attached hydrogens (tertiary/aromatic N) is 5. The van der Waals surface area contributed by atoms with E-state index in [1.54, 1.807) is 20.3 Å². The fraction of sp³-hybridized carbons (Fsp3) is 0.375. The lowest BCUT2D eigenvalue weighted by molar-refractivity contribution is 0.476. The zero-order chi connectivity index (χ0) is 13.3. The molecule has 2 aromatic rings. The van der Waals surface area contributed by atoms with Gasteiger partial charge in [0.1, 0.15) is 11.9 Å². The van der Waals surface area contributed by atoms with Crippen LogP contribution < -0.4 is 4.18 Å². The lowest BCUT2D eigenvalue weighted by Gasteiger charge is -2.03. The van der Waals surface area contributed by atoms with Crippen LogP contribution in [0.25, 0.3) is 11.4 Å². The lowest BCUT2D eigenvalue weighted by atomic mass is 10.3. The Hall–Kier alpha value is -1.61. The Bertz CT molecular complexity index is 662. The van der Waals surface area contributed by atoms with Crippen molar-refractivity contribution in [2.45, 2.75) is 0 Å². The SMILES string of the molecule is Cn1cc(-c2ncnn2C)c(OS(=O)(=O)CCl)n1. The van der Waals surface area contributed by atoms with E-state index in [4.69, 9.17) is 15.8 Å². The summed E-state index contributed by atoms with van der Waals surface area (Å²) >= 11 is 5.28. The molecule has 98 valence electrons. The van der Waals surface area contributed by atoms with Crippen molar-refractivity contribution in [1.29, 1.82) is 0 Å². The minimum atomic E-state index is -3.85. The van der Waals surface area contributed by atoms with Crippen molar-refractivity contribution in [1.82, 2.24) is 24.5 Å². The van der Waals surface area contributed by atoms with E-state index in [0.29, 0.717) is 11.4 Å². The normalized spacial score (nSPS) is 11.7. The number of aromatic nitrogens is 5. The Balaban J connectivity index is 2.47. The first-order chi connectivity index (χ1) is 8.43. The zero-order valence-electron chi connectivity index (χ0n) is 9.61. The van der Waals surface area contributed by atoms with E-state index >= 15 is 0 Å². The molecule has 10 heteroatoms. The van der Waals surface area contributed by atoms with Gasteiger partial charge in [-0.25, -0.2) is 9.67 Å². The van der Waals surface area contributed by atoms with Crippen LogP contribution in [0.15, 0.2) is 12.5 Å². The summed E-state index contributed by atoms with van der Waals surface area (Å²) < 4.78 is 30.4. The highest BCUT2D eigenvalue weighted by molar-refractivity contribution is 7.88. The molecule has 2 aromatic heterocycles. The molecule has 2 heterocycles. The third kappa shape index (κ3) is 2.46. The highest BCUT2D eigenvalue weighted by Crippen LogP contribution is 2.27. The molecule has 0 fully saturated rings. The summed E-state index contributed by atoms with van der Waals surface area (Å²) in [4.78, 5) is 4.01. The number of halogens is 1. The molecule has 0 atom stereocenters. The molecule has 2 rings (SSSR count). The van der Waals surface area contributed by atoms with Crippen molar-refractivity contribution in [2.24, 2.45) is 14.1 Å². The maximum atomic E-state index is 11.3. The third-order valence-electron chi connectivity index (χ3n) is 2.09. The zero-order valence-corrected chi connectivity index (χ0v) is 11.2. The number of hydrogen-bond acceptors (Lipinski definition) is 6. The van der Waals surface area contributed by atoms with Crippen LogP contribution in [0.4, 0.5) is 0 Å². The van der Waals surface area contributed by atoms with Gasteiger partial charge in [-0.3, -0.25) is 4.68 Å². The lowest BCUT2D eigenvalue weighted by Crippen LogP contribution is -2.11. The van der Waals surface area contributed by atoms with E-state index < -0.39 is 15.3 Å². The van der Waals surface area contributed by atoms with Crippen molar-refractivity contribution in [2.75, 3.05) is 5.21 Å². The molecule has 0 saturated heterocycles. The first-order valence-electron chi connectivity index (χ1n) is 4.79. The topological polar surface area (TPSA) is 91.9 Å². The largest absolute Gasteiger partial charge is 0.358 e. The van der Waals surface area contributed by atoms with E-state index in [2.05, 4.69) is 15.2 Å². The summed E-state index contributed by atoms with van der Waals surface area (Å²) in [7, 11) is -0.539. The summed E-state index contributed by atoms with van der Waals surface area (Å²) in [5.41, 5.74) is 0.422.